The minimum absolute atomic E-state index is 0.124. The van der Waals surface area contributed by atoms with Crippen LogP contribution in [-0.4, -0.2) is 84.8 Å². The third kappa shape index (κ3) is 13.6. The summed E-state index contributed by atoms with van der Waals surface area (Å²) in [6.07, 6.45) is 14.3. The van der Waals surface area contributed by atoms with Gasteiger partial charge in [0.2, 0.25) is 17.6 Å². The van der Waals surface area contributed by atoms with Gasteiger partial charge in [-0.2, -0.15) is 0 Å². The summed E-state index contributed by atoms with van der Waals surface area (Å²) in [6, 6.07) is -3.57. The van der Waals surface area contributed by atoms with Crippen molar-refractivity contribution in [3.63, 3.8) is 0 Å². The number of carbonyl (C=O) groups is 6. The van der Waals surface area contributed by atoms with E-state index in [-0.39, 0.29) is 19.5 Å². The van der Waals surface area contributed by atoms with Gasteiger partial charge in [0.15, 0.2) is 0 Å². The van der Waals surface area contributed by atoms with E-state index in [1.165, 1.54) is 49.5 Å². The highest BCUT2D eigenvalue weighted by atomic mass is 16.5. The zero-order chi connectivity index (χ0) is 33.4. The molecule has 45 heavy (non-hydrogen) atoms. The van der Waals surface area contributed by atoms with Gasteiger partial charge in [-0.05, 0) is 43.4 Å². The van der Waals surface area contributed by atoms with Gasteiger partial charge in [0.05, 0.1) is 12.6 Å². The van der Waals surface area contributed by atoms with E-state index in [2.05, 4.69) is 27.8 Å². The molecule has 3 atom stereocenters. The number of hydrogen-bond donors (Lipinski definition) is 4. The van der Waals surface area contributed by atoms with Crippen molar-refractivity contribution in [2.24, 2.45) is 11.3 Å². The lowest BCUT2D eigenvalue weighted by atomic mass is 9.85. The SMILES string of the molecule is C1CCCCC1.C=CCNC(=O)C(=O)C(CCC)NC(=O)[C@@H]1CCCN1C(=O)C(NC(=O)NCC(=O)OCC1CC1)C(C)(C)C. The van der Waals surface area contributed by atoms with Crippen molar-refractivity contribution in [1.82, 2.24) is 26.2 Å². The van der Waals surface area contributed by atoms with Gasteiger partial charge in [0, 0.05) is 13.1 Å². The molecule has 1 aliphatic heterocycles. The van der Waals surface area contributed by atoms with Crippen molar-refractivity contribution in [3.8, 4) is 0 Å². The van der Waals surface area contributed by atoms with Gasteiger partial charge in [0.1, 0.15) is 18.6 Å². The van der Waals surface area contributed by atoms with Crippen LogP contribution in [0, 0.1) is 11.3 Å². The van der Waals surface area contributed by atoms with E-state index in [0.717, 1.165) is 12.8 Å². The number of amides is 5. The average Bonchev–Trinajstić information content (AvgIpc) is 3.72. The Hall–Kier alpha value is -3.44. The molecule has 12 nitrogen and oxygen atoms in total. The lowest BCUT2D eigenvalue weighted by molar-refractivity contribution is -0.143. The summed E-state index contributed by atoms with van der Waals surface area (Å²) in [7, 11) is 0. The molecule has 1 saturated heterocycles. The summed E-state index contributed by atoms with van der Waals surface area (Å²) in [5, 5.41) is 10.2. The Bertz CT molecular complexity index is 1020. The van der Waals surface area contributed by atoms with Crippen molar-refractivity contribution in [3.05, 3.63) is 12.7 Å². The molecule has 254 valence electrons. The van der Waals surface area contributed by atoms with Gasteiger partial charge in [-0.25, -0.2) is 4.79 Å². The molecular formula is C33H55N5O7. The molecule has 2 unspecified atom stereocenters. The molecule has 0 bridgehead atoms. The summed E-state index contributed by atoms with van der Waals surface area (Å²) in [6.45, 7) is 11.1. The summed E-state index contributed by atoms with van der Waals surface area (Å²) in [5.41, 5.74) is -0.714. The Kier molecular flexibility index (Phi) is 16.1. The molecule has 3 rings (SSSR count). The second kappa shape index (κ2) is 19.2. The first-order chi connectivity index (χ1) is 21.4. The van der Waals surface area contributed by atoms with E-state index in [9.17, 15) is 28.8 Å². The molecule has 3 aliphatic rings. The van der Waals surface area contributed by atoms with Gasteiger partial charge in [-0.15, -0.1) is 6.58 Å². The number of ether oxygens (including phenoxy) is 1. The minimum atomic E-state index is -1.02. The average molecular weight is 634 g/mol. The zero-order valence-corrected chi connectivity index (χ0v) is 27.7. The van der Waals surface area contributed by atoms with Crippen molar-refractivity contribution in [2.45, 2.75) is 123 Å². The maximum Gasteiger partial charge on any atom is 0.325 e. The fourth-order valence-corrected chi connectivity index (χ4v) is 5.29. The van der Waals surface area contributed by atoms with Crippen LogP contribution in [0.5, 0.6) is 0 Å². The summed E-state index contributed by atoms with van der Waals surface area (Å²) in [4.78, 5) is 77.4. The van der Waals surface area contributed by atoms with Crippen molar-refractivity contribution in [2.75, 3.05) is 26.2 Å². The van der Waals surface area contributed by atoms with E-state index in [1.54, 1.807) is 20.8 Å². The number of Topliss-reactive ketones (excluding diaryl/α,β-unsaturated/α-hetero) is 1. The fraction of sp³-hybridized carbons (Fsp3) is 0.758. The van der Waals surface area contributed by atoms with Crippen LogP contribution in [0.25, 0.3) is 0 Å². The monoisotopic (exact) mass is 633 g/mol. The molecule has 12 heteroatoms. The highest BCUT2D eigenvalue weighted by Gasteiger charge is 2.42. The molecule has 0 aromatic rings. The minimum Gasteiger partial charge on any atom is -0.464 e. The fourth-order valence-electron chi connectivity index (χ4n) is 5.29. The van der Waals surface area contributed by atoms with Crippen LogP contribution in [0.2, 0.25) is 0 Å². The molecule has 0 aromatic carbocycles. The van der Waals surface area contributed by atoms with Crippen LogP contribution in [0.15, 0.2) is 12.7 Å². The molecule has 0 radical (unpaired) electrons. The quantitative estimate of drug-likeness (QED) is 0.130. The lowest BCUT2D eigenvalue weighted by Gasteiger charge is -2.35. The molecule has 5 amide bonds. The number of carbonyl (C=O) groups excluding carboxylic acids is 6. The summed E-state index contributed by atoms with van der Waals surface area (Å²) < 4.78 is 5.10. The van der Waals surface area contributed by atoms with Crippen LogP contribution >= 0.6 is 0 Å². The Morgan fingerprint density at radius 2 is 1.53 bits per heavy atom. The first-order valence-electron chi connectivity index (χ1n) is 16.6. The number of hydrogen-bond acceptors (Lipinski definition) is 7. The number of likely N-dealkylation sites (tertiary alicyclic amines) is 1. The Morgan fingerprint density at radius 1 is 0.911 bits per heavy atom. The summed E-state index contributed by atoms with van der Waals surface area (Å²) in [5.74, 6) is -2.70. The van der Waals surface area contributed by atoms with E-state index in [4.69, 9.17) is 4.74 Å². The van der Waals surface area contributed by atoms with Gasteiger partial charge in [0.25, 0.3) is 5.91 Å². The molecule has 1 heterocycles. The molecule has 2 saturated carbocycles. The third-order valence-electron chi connectivity index (χ3n) is 8.14. The second-order valence-electron chi connectivity index (χ2n) is 13.3. The van der Waals surface area contributed by atoms with Gasteiger partial charge in [-0.3, -0.25) is 24.0 Å². The molecule has 4 N–H and O–H groups in total. The number of rotatable bonds is 14. The van der Waals surface area contributed by atoms with Crippen molar-refractivity contribution >= 4 is 35.5 Å². The molecule has 2 aliphatic carbocycles. The van der Waals surface area contributed by atoms with Gasteiger partial charge in [-0.1, -0.05) is 78.7 Å². The molecule has 3 fully saturated rings. The Balaban J connectivity index is 0.00000105. The Morgan fingerprint density at radius 3 is 2.07 bits per heavy atom. The molecular weight excluding hydrogens is 578 g/mol. The van der Waals surface area contributed by atoms with E-state index < -0.39 is 59.0 Å². The largest absolute Gasteiger partial charge is 0.464 e. The van der Waals surface area contributed by atoms with E-state index in [0.29, 0.717) is 38.3 Å². The normalized spacial score (nSPS) is 19.1. The lowest BCUT2D eigenvalue weighted by Crippen LogP contribution is -2.60. The number of nitrogens with zero attached hydrogens (tertiary/aromatic N) is 1. The topological polar surface area (TPSA) is 163 Å². The maximum atomic E-state index is 13.6. The van der Waals surface area contributed by atoms with Crippen LogP contribution in [-0.2, 0) is 28.7 Å². The first kappa shape index (κ1) is 37.7. The second-order valence-corrected chi connectivity index (χ2v) is 13.3. The predicted molar refractivity (Wildman–Crippen MR) is 171 cm³/mol. The molecule has 0 aromatic heterocycles. The van der Waals surface area contributed by atoms with Crippen LogP contribution in [0.1, 0.15) is 105 Å². The van der Waals surface area contributed by atoms with E-state index in [1.807, 2.05) is 6.92 Å². The first-order valence-corrected chi connectivity index (χ1v) is 16.6. The summed E-state index contributed by atoms with van der Waals surface area (Å²) >= 11 is 0. The number of urea groups is 1. The highest BCUT2D eigenvalue weighted by molar-refractivity contribution is 6.38. The third-order valence-corrected chi connectivity index (χ3v) is 8.14. The van der Waals surface area contributed by atoms with Crippen molar-refractivity contribution in [1.29, 1.82) is 0 Å². The number of ketones is 1. The maximum absolute atomic E-state index is 13.6. The van der Waals surface area contributed by atoms with E-state index >= 15 is 0 Å². The zero-order valence-electron chi connectivity index (χ0n) is 27.7. The van der Waals surface area contributed by atoms with Crippen LogP contribution in [0.4, 0.5) is 4.79 Å². The highest BCUT2D eigenvalue weighted by Crippen LogP contribution is 2.29. The number of esters is 1. The smallest absolute Gasteiger partial charge is 0.325 e. The van der Waals surface area contributed by atoms with Gasteiger partial charge < -0.3 is 30.9 Å². The van der Waals surface area contributed by atoms with Gasteiger partial charge >= 0.3 is 12.0 Å². The number of nitrogens with one attached hydrogen (secondary N) is 4. The van der Waals surface area contributed by atoms with Crippen LogP contribution < -0.4 is 21.3 Å². The molecule has 0 spiro atoms. The standard InChI is InChI=1S/C27H43N5O7.C6H12/c1-6-9-18(21(34)24(36)28-13-7-2)30-23(35)19-10-8-14-32(19)25(37)22(27(3,4)5)31-26(38)29-15-20(33)39-16-17-11-12-17;1-2-4-6-5-3-1/h7,17-19,22H,2,6,8-16H2,1,3-5H3,(H,28,36)(H,30,35)(H2,29,31,38);1-6H2/t18?,19-,22?;/m0./s1. The predicted octanol–water partition coefficient (Wildman–Crippen LogP) is 3.14. The van der Waals surface area contributed by atoms with Crippen LogP contribution in [0.3, 0.4) is 0 Å². The Labute approximate surface area is 268 Å². The van der Waals surface area contributed by atoms with Crippen molar-refractivity contribution < 1.29 is 33.5 Å².